The summed E-state index contributed by atoms with van der Waals surface area (Å²) in [5, 5.41) is 10.0. The summed E-state index contributed by atoms with van der Waals surface area (Å²) in [7, 11) is 0. The Morgan fingerprint density at radius 2 is 1.86 bits per heavy atom. The number of rotatable bonds is 11. The van der Waals surface area contributed by atoms with E-state index in [1.165, 1.54) is 25.7 Å². The molecule has 0 aliphatic carbocycles. The minimum Gasteiger partial charge on any atom is -0.481 e. The van der Waals surface area contributed by atoms with Crippen molar-refractivity contribution in [2.24, 2.45) is 0 Å². The number of hydrogen-bond acceptors (Lipinski definition) is 4. The Morgan fingerprint density at radius 1 is 1.27 bits per heavy atom. The summed E-state index contributed by atoms with van der Waals surface area (Å²) in [5.41, 5.74) is 0.878. The van der Waals surface area contributed by atoms with Crippen molar-refractivity contribution >= 4 is 17.3 Å². The van der Waals surface area contributed by atoms with Crippen molar-refractivity contribution in [3.63, 3.8) is 0 Å². The van der Waals surface area contributed by atoms with Gasteiger partial charge in [-0.15, -0.1) is 11.3 Å². The Bertz CT molecular complexity index is 452. The first-order valence-electron chi connectivity index (χ1n) is 8.38. The van der Waals surface area contributed by atoms with Crippen LogP contribution in [-0.2, 0) is 11.2 Å². The smallest absolute Gasteiger partial charge is 0.308 e. The second-order valence-corrected chi connectivity index (χ2v) is 7.16. The molecule has 0 aliphatic heterocycles. The van der Waals surface area contributed by atoms with Crippen molar-refractivity contribution in [3.8, 4) is 0 Å². The van der Waals surface area contributed by atoms with Crippen LogP contribution in [0.3, 0.4) is 0 Å². The predicted molar refractivity (Wildman–Crippen MR) is 92.9 cm³/mol. The molecule has 0 fully saturated rings. The van der Waals surface area contributed by atoms with E-state index >= 15 is 0 Å². The molecule has 0 amide bonds. The molecule has 1 unspecified atom stereocenters. The molecule has 1 atom stereocenters. The number of aryl methyl sites for hydroxylation is 1. The van der Waals surface area contributed by atoms with E-state index in [9.17, 15) is 4.79 Å². The van der Waals surface area contributed by atoms with Crippen LogP contribution in [0.25, 0.3) is 0 Å². The SMILES string of the molecule is CCCCN(CCCC)CC(C)c1nc(C)c(CC(=O)O)s1. The van der Waals surface area contributed by atoms with Gasteiger partial charge in [0.15, 0.2) is 0 Å². The van der Waals surface area contributed by atoms with Gasteiger partial charge in [0.05, 0.1) is 17.1 Å². The second-order valence-electron chi connectivity index (χ2n) is 6.04. The van der Waals surface area contributed by atoms with Crippen molar-refractivity contribution in [3.05, 3.63) is 15.6 Å². The third kappa shape index (κ3) is 6.44. The number of carboxylic acid groups (broad SMARTS) is 1. The summed E-state index contributed by atoms with van der Waals surface area (Å²) in [5.74, 6) is -0.418. The van der Waals surface area contributed by atoms with E-state index in [0.29, 0.717) is 5.92 Å². The van der Waals surface area contributed by atoms with Crippen LogP contribution in [0.4, 0.5) is 0 Å². The molecule has 22 heavy (non-hydrogen) atoms. The standard InChI is InChI=1S/C17H30N2O2S/c1-5-7-9-19(10-8-6-2)12-13(3)17-18-14(4)15(22-17)11-16(20)21/h13H,5-12H2,1-4H3,(H,20,21). The summed E-state index contributed by atoms with van der Waals surface area (Å²) < 4.78 is 0. The van der Waals surface area contributed by atoms with Gasteiger partial charge in [-0.1, -0.05) is 33.6 Å². The van der Waals surface area contributed by atoms with Crippen LogP contribution >= 0.6 is 11.3 Å². The number of hydrogen-bond donors (Lipinski definition) is 1. The van der Waals surface area contributed by atoms with Crippen LogP contribution < -0.4 is 0 Å². The van der Waals surface area contributed by atoms with Gasteiger partial charge in [-0.25, -0.2) is 4.98 Å². The monoisotopic (exact) mass is 326 g/mol. The van der Waals surface area contributed by atoms with Gasteiger partial charge >= 0.3 is 5.97 Å². The highest BCUT2D eigenvalue weighted by Crippen LogP contribution is 2.26. The van der Waals surface area contributed by atoms with Crippen molar-refractivity contribution in [1.29, 1.82) is 0 Å². The van der Waals surface area contributed by atoms with Gasteiger partial charge in [-0.3, -0.25) is 4.79 Å². The number of thiazole rings is 1. The van der Waals surface area contributed by atoms with Gasteiger partial charge in [0.1, 0.15) is 0 Å². The molecule has 0 radical (unpaired) electrons. The second kappa shape index (κ2) is 9.95. The van der Waals surface area contributed by atoms with E-state index in [0.717, 1.165) is 35.2 Å². The van der Waals surface area contributed by atoms with Crippen molar-refractivity contribution in [1.82, 2.24) is 9.88 Å². The zero-order valence-corrected chi connectivity index (χ0v) is 15.2. The molecule has 4 nitrogen and oxygen atoms in total. The van der Waals surface area contributed by atoms with Gasteiger partial charge in [0, 0.05) is 17.3 Å². The first-order chi connectivity index (χ1) is 10.5. The Morgan fingerprint density at radius 3 is 2.36 bits per heavy atom. The van der Waals surface area contributed by atoms with Gasteiger partial charge in [0.2, 0.25) is 0 Å². The fraction of sp³-hybridized carbons (Fsp3) is 0.765. The maximum Gasteiger partial charge on any atom is 0.308 e. The summed E-state index contributed by atoms with van der Waals surface area (Å²) in [6.07, 6.45) is 4.99. The maximum absolute atomic E-state index is 10.9. The Hall–Kier alpha value is -0.940. The molecule has 1 aromatic rings. The topological polar surface area (TPSA) is 53.4 Å². The molecule has 1 aromatic heterocycles. The van der Waals surface area contributed by atoms with E-state index < -0.39 is 5.97 Å². The largest absolute Gasteiger partial charge is 0.481 e. The Kier molecular flexibility index (Phi) is 8.64. The Labute approximate surface area is 138 Å². The van der Waals surface area contributed by atoms with Crippen molar-refractivity contribution in [2.75, 3.05) is 19.6 Å². The molecule has 0 aliphatic rings. The van der Waals surface area contributed by atoms with Crippen molar-refractivity contribution in [2.45, 2.75) is 65.7 Å². The first kappa shape index (κ1) is 19.1. The molecule has 1 heterocycles. The fourth-order valence-electron chi connectivity index (χ4n) is 2.49. The van der Waals surface area contributed by atoms with Crippen LogP contribution in [0.5, 0.6) is 0 Å². The molecule has 0 spiro atoms. The average molecular weight is 327 g/mol. The average Bonchev–Trinajstić information content (AvgIpc) is 2.82. The number of aromatic nitrogens is 1. The molecule has 1 rings (SSSR count). The first-order valence-corrected chi connectivity index (χ1v) is 9.19. The highest BCUT2D eigenvalue weighted by atomic mass is 32.1. The molecule has 0 aromatic carbocycles. The van der Waals surface area contributed by atoms with E-state index in [2.05, 4.69) is 30.7 Å². The third-order valence-corrected chi connectivity index (χ3v) is 5.22. The van der Waals surface area contributed by atoms with Gasteiger partial charge in [-0.05, 0) is 32.9 Å². The van der Waals surface area contributed by atoms with Gasteiger partial charge < -0.3 is 10.0 Å². The molecule has 5 heteroatoms. The van der Waals surface area contributed by atoms with Gasteiger partial charge in [0.25, 0.3) is 0 Å². The van der Waals surface area contributed by atoms with Crippen LogP contribution in [0.1, 0.15) is 68.0 Å². The molecule has 0 saturated heterocycles. The van der Waals surface area contributed by atoms with Crippen molar-refractivity contribution < 1.29 is 9.90 Å². The summed E-state index contributed by atoms with van der Waals surface area (Å²) in [6, 6.07) is 0. The number of nitrogens with zero attached hydrogens (tertiary/aromatic N) is 2. The fourth-order valence-corrected chi connectivity index (χ4v) is 3.59. The number of carbonyl (C=O) groups is 1. The molecule has 0 saturated carbocycles. The zero-order valence-electron chi connectivity index (χ0n) is 14.4. The van der Waals surface area contributed by atoms with Crippen LogP contribution in [0.2, 0.25) is 0 Å². The number of unbranched alkanes of at least 4 members (excludes halogenated alkanes) is 2. The molecule has 126 valence electrons. The van der Waals surface area contributed by atoms with Gasteiger partial charge in [-0.2, -0.15) is 0 Å². The maximum atomic E-state index is 10.9. The molecular weight excluding hydrogens is 296 g/mol. The number of aliphatic carboxylic acids is 1. The molecule has 0 bridgehead atoms. The van der Waals surface area contributed by atoms with Crippen LogP contribution in [-0.4, -0.2) is 40.6 Å². The summed E-state index contributed by atoms with van der Waals surface area (Å²) in [4.78, 5) is 18.9. The predicted octanol–water partition coefficient (Wildman–Crippen LogP) is 4.08. The third-order valence-electron chi connectivity index (χ3n) is 3.83. The highest BCUT2D eigenvalue weighted by Gasteiger charge is 2.18. The zero-order chi connectivity index (χ0) is 16.5. The summed E-state index contributed by atoms with van der Waals surface area (Å²) >= 11 is 1.57. The van der Waals surface area contributed by atoms with Crippen LogP contribution in [0, 0.1) is 6.92 Å². The van der Waals surface area contributed by atoms with E-state index in [1.807, 2.05) is 6.92 Å². The van der Waals surface area contributed by atoms with E-state index in [-0.39, 0.29) is 6.42 Å². The van der Waals surface area contributed by atoms with E-state index in [4.69, 9.17) is 5.11 Å². The lowest BCUT2D eigenvalue weighted by Crippen LogP contribution is -2.30. The number of carboxylic acids is 1. The normalized spacial score (nSPS) is 12.8. The van der Waals surface area contributed by atoms with Crippen LogP contribution in [0.15, 0.2) is 0 Å². The lowest BCUT2D eigenvalue weighted by Gasteiger charge is -2.24. The minimum absolute atomic E-state index is 0.0889. The molecular formula is C17H30N2O2S. The summed E-state index contributed by atoms with van der Waals surface area (Å²) in [6.45, 7) is 11.9. The Balaban J connectivity index is 2.67. The highest BCUT2D eigenvalue weighted by molar-refractivity contribution is 7.11. The minimum atomic E-state index is -0.779. The molecule has 1 N–H and O–H groups in total. The lowest BCUT2D eigenvalue weighted by molar-refractivity contribution is -0.136. The van der Waals surface area contributed by atoms with E-state index in [1.54, 1.807) is 11.3 Å². The quantitative estimate of drug-likeness (QED) is 0.665. The lowest BCUT2D eigenvalue weighted by atomic mass is 10.1.